The summed E-state index contributed by atoms with van der Waals surface area (Å²) in [5, 5.41) is 8.30. The lowest BCUT2D eigenvalue weighted by atomic mass is 10.2. The molecule has 0 bridgehead atoms. The van der Waals surface area contributed by atoms with Crippen LogP contribution < -0.4 is 0 Å². The highest BCUT2D eigenvalue weighted by Crippen LogP contribution is 2.28. The zero-order valence-corrected chi connectivity index (χ0v) is 13.4. The van der Waals surface area contributed by atoms with Gasteiger partial charge in [-0.2, -0.15) is 0 Å². The monoisotopic (exact) mass is 358 g/mol. The third-order valence-corrected chi connectivity index (χ3v) is 5.08. The van der Waals surface area contributed by atoms with E-state index in [1.165, 1.54) is 5.56 Å². The minimum absolute atomic E-state index is 0.783. The molecule has 2 aromatic carbocycles. The van der Waals surface area contributed by atoms with Crippen molar-refractivity contribution in [1.29, 1.82) is 0 Å². The zero-order valence-electron chi connectivity index (χ0n) is 11.0. The number of rotatable bonds is 3. The number of halogens is 1. The molecule has 4 aromatic rings. The Morgan fingerprint density at radius 2 is 1.90 bits per heavy atom. The summed E-state index contributed by atoms with van der Waals surface area (Å²) in [7, 11) is 0. The maximum atomic E-state index is 4.53. The predicted octanol–water partition coefficient (Wildman–Crippen LogP) is 4.27. The summed E-state index contributed by atoms with van der Waals surface area (Å²) in [5.41, 5.74) is 3.31. The van der Waals surface area contributed by atoms with E-state index >= 15 is 0 Å². The Morgan fingerprint density at radius 3 is 2.81 bits per heavy atom. The molecule has 6 heteroatoms. The number of aromatic amines is 1. The van der Waals surface area contributed by atoms with Gasteiger partial charge in [-0.3, -0.25) is 4.40 Å². The van der Waals surface area contributed by atoms with Gasteiger partial charge in [0.25, 0.3) is 0 Å². The van der Waals surface area contributed by atoms with Gasteiger partial charge in [0.05, 0.1) is 11.0 Å². The van der Waals surface area contributed by atoms with Crippen LogP contribution in [0.3, 0.4) is 0 Å². The number of nitrogens with zero attached hydrogens (tertiary/aromatic N) is 3. The fourth-order valence-corrected chi connectivity index (χ4v) is 3.87. The van der Waals surface area contributed by atoms with E-state index in [2.05, 4.69) is 53.7 Å². The van der Waals surface area contributed by atoms with Crippen LogP contribution in [-0.2, 0) is 5.75 Å². The first-order valence-electron chi connectivity index (χ1n) is 6.51. The largest absolute Gasteiger partial charge is 0.254 e. The first-order valence-corrected chi connectivity index (χ1v) is 8.28. The van der Waals surface area contributed by atoms with Crippen molar-refractivity contribution >= 4 is 44.5 Å². The molecule has 21 heavy (non-hydrogen) atoms. The average Bonchev–Trinajstić information content (AvgIpc) is 3.05. The van der Waals surface area contributed by atoms with Crippen LogP contribution in [-0.4, -0.2) is 19.6 Å². The summed E-state index contributed by atoms with van der Waals surface area (Å²) < 4.78 is 3.19. The number of aromatic nitrogens is 4. The number of fused-ring (bicyclic) bond motifs is 3. The molecule has 104 valence electrons. The molecule has 0 aliphatic rings. The molecule has 0 amide bonds. The SMILES string of the molecule is Brc1ccccc1CSc1n[nH]c2nc3ccccc3n12. The van der Waals surface area contributed by atoms with E-state index in [9.17, 15) is 0 Å². The Kier molecular flexibility index (Phi) is 3.20. The topological polar surface area (TPSA) is 46.0 Å². The van der Waals surface area contributed by atoms with Crippen molar-refractivity contribution in [3.05, 3.63) is 58.6 Å². The van der Waals surface area contributed by atoms with Crippen LogP contribution in [0.4, 0.5) is 0 Å². The van der Waals surface area contributed by atoms with Crippen molar-refractivity contribution in [3.8, 4) is 0 Å². The maximum absolute atomic E-state index is 4.53. The van der Waals surface area contributed by atoms with E-state index in [4.69, 9.17) is 0 Å². The Bertz CT molecular complexity index is 928. The summed E-state index contributed by atoms with van der Waals surface area (Å²) >= 11 is 5.28. The minimum Gasteiger partial charge on any atom is -0.254 e. The highest BCUT2D eigenvalue weighted by molar-refractivity contribution is 9.10. The fraction of sp³-hybridized carbons (Fsp3) is 0.0667. The van der Waals surface area contributed by atoms with Crippen LogP contribution in [0.5, 0.6) is 0 Å². The van der Waals surface area contributed by atoms with Gasteiger partial charge in [-0.15, -0.1) is 5.10 Å². The van der Waals surface area contributed by atoms with Crippen molar-refractivity contribution < 1.29 is 0 Å². The third-order valence-electron chi connectivity index (χ3n) is 3.32. The number of H-pyrrole nitrogens is 1. The lowest BCUT2D eigenvalue weighted by Gasteiger charge is -2.02. The average molecular weight is 359 g/mol. The number of thioether (sulfide) groups is 1. The van der Waals surface area contributed by atoms with Crippen LogP contribution in [0.1, 0.15) is 5.56 Å². The smallest absolute Gasteiger partial charge is 0.231 e. The van der Waals surface area contributed by atoms with Crippen molar-refractivity contribution in [2.24, 2.45) is 0 Å². The van der Waals surface area contributed by atoms with Gasteiger partial charge in [-0.25, -0.2) is 10.1 Å². The number of hydrogen-bond donors (Lipinski definition) is 1. The lowest BCUT2D eigenvalue weighted by Crippen LogP contribution is -1.87. The van der Waals surface area contributed by atoms with Crippen LogP contribution >= 0.6 is 27.7 Å². The van der Waals surface area contributed by atoms with Gasteiger partial charge < -0.3 is 0 Å². The van der Waals surface area contributed by atoms with Crippen LogP contribution in [0.25, 0.3) is 16.8 Å². The first-order chi connectivity index (χ1) is 10.3. The van der Waals surface area contributed by atoms with Crippen molar-refractivity contribution in [1.82, 2.24) is 19.6 Å². The highest BCUT2D eigenvalue weighted by atomic mass is 79.9. The second kappa shape index (κ2) is 5.20. The summed E-state index contributed by atoms with van der Waals surface area (Å²) in [6, 6.07) is 16.3. The molecular weight excluding hydrogens is 348 g/mol. The molecule has 2 aromatic heterocycles. The predicted molar refractivity (Wildman–Crippen MR) is 88.5 cm³/mol. The lowest BCUT2D eigenvalue weighted by molar-refractivity contribution is 0.940. The summed E-state index contributed by atoms with van der Waals surface area (Å²) in [6.45, 7) is 0. The number of nitrogens with one attached hydrogen (secondary N) is 1. The van der Waals surface area contributed by atoms with Crippen molar-refractivity contribution in [3.63, 3.8) is 0 Å². The Balaban J connectivity index is 1.72. The maximum Gasteiger partial charge on any atom is 0.231 e. The van der Waals surface area contributed by atoms with E-state index in [1.807, 2.05) is 30.3 Å². The van der Waals surface area contributed by atoms with E-state index in [1.54, 1.807) is 11.8 Å². The number of imidazole rings is 1. The van der Waals surface area contributed by atoms with E-state index in [0.717, 1.165) is 32.2 Å². The molecule has 2 heterocycles. The van der Waals surface area contributed by atoms with E-state index < -0.39 is 0 Å². The number of hydrogen-bond acceptors (Lipinski definition) is 3. The summed E-state index contributed by atoms with van der Waals surface area (Å²) in [4.78, 5) is 4.53. The van der Waals surface area contributed by atoms with E-state index in [-0.39, 0.29) is 0 Å². The molecular formula is C15H11BrN4S. The van der Waals surface area contributed by atoms with Crippen LogP contribution in [0.2, 0.25) is 0 Å². The number of benzene rings is 2. The first kappa shape index (κ1) is 12.9. The molecule has 0 unspecified atom stereocenters. The molecule has 0 saturated carbocycles. The molecule has 0 radical (unpaired) electrons. The Hall–Kier alpha value is -1.79. The quantitative estimate of drug-likeness (QED) is 0.556. The van der Waals surface area contributed by atoms with Gasteiger partial charge in [0.15, 0.2) is 5.16 Å². The number of para-hydroxylation sites is 2. The molecule has 0 saturated heterocycles. The normalized spacial score (nSPS) is 11.5. The van der Waals surface area contributed by atoms with Crippen molar-refractivity contribution in [2.75, 3.05) is 0 Å². The second-order valence-corrected chi connectivity index (χ2v) is 6.44. The molecule has 0 fully saturated rings. The van der Waals surface area contributed by atoms with Gasteiger partial charge in [-0.05, 0) is 23.8 Å². The fourth-order valence-electron chi connectivity index (χ4n) is 2.30. The third kappa shape index (κ3) is 2.24. The minimum atomic E-state index is 0.783. The highest BCUT2D eigenvalue weighted by Gasteiger charge is 2.12. The standard InChI is InChI=1S/C15H11BrN4S/c16-11-6-2-1-5-10(11)9-21-15-19-18-14-17-12-7-3-4-8-13(12)20(14)15/h1-8H,9H2,(H,17,18). The van der Waals surface area contributed by atoms with Crippen LogP contribution in [0, 0.1) is 0 Å². The zero-order chi connectivity index (χ0) is 14.2. The van der Waals surface area contributed by atoms with Gasteiger partial charge in [-0.1, -0.05) is 58.0 Å². The molecule has 1 N–H and O–H groups in total. The van der Waals surface area contributed by atoms with Gasteiger partial charge in [0.1, 0.15) is 0 Å². The molecule has 0 atom stereocenters. The molecule has 4 nitrogen and oxygen atoms in total. The van der Waals surface area contributed by atoms with Crippen molar-refractivity contribution in [2.45, 2.75) is 10.9 Å². The van der Waals surface area contributed by atoms with Crippen LogP contribution in [0.15, 0.2) is 58.2 Å². The summed E-state index contributed by atoms with van der Waals surface area (Å²) in [6.07, 6.45) is 0. The van der Waals surface area contributed by atoms with E-state index in [0.29, 0.717) is 0 Å². The van der Waals surface area contributed by atoms with Gasteiger partial charge >= 0.3 is 0 Å². The Labute approximate surface area is 133 Å². The van der Waals surface area contributed by atoms with Gasteiger partial charge in [0, 0.05) is 10.2 Å². The molecule has 0 aliphatic carbocycles. The molecule has 0 spiro atoms. The Morgan fingerprint density at radius 1 is 1.10 bits per heavy atom. The van der Waals surface area contributed by atoms with Gasteiger partial charge in [0.2, 0.25) is 5.78 Å². The molecule has 0 aliphatic heterocycles. The molecule has 4 rings (SSSR count). The second-order valence-electron chi connectivity index (χ2n) is 4.65. The summed E-state index contributed by atoms with van der Waals surface area (Å²) in [5.74, 6) is 1.64.